The van der Waals surface area contributed by atoms with Crippen LogP contribution in [0, 0.1) is 0 Å². The predicted molar refractivity (Wildman–Crippen MR) is 71.8 cm³/mol. The summed E-state index contributed by atoms with van der Waals surface area (Å²) in [6.45, 7) is 0. The molecule has 4 nitrogen and oxygen atoms in total. The maximum atomic E-state index is 12.9. The molecule has 0 atom stereocenters. The van der Waals surface area contributed by atoms with Crippen LogP contribution >= 0.6 is 11.6 Å². The Hall–Kier alpha value is -1.99. The molecule has 4 N–H and O–H groups in total. The number of benzene rings is 1. The molecule has 2 rings (SSSR count). The third-order valence-electron chi connectivity index (χ3n) is 2.45. The van der Waals surface area contributed by atoms with E-state index in [9.17, 15) is 13.2 Å². The molecule has 0 saturated carbocycles. The first-order valence-corrected chi connectivity index (χ1v) is 5.85. The molecule has 0 amide bonds. The number of hydrogen-bond acceptors (Lipinski definition) is 4. The number of hydrogen-bond donors (Lipinski definition) is 3. The van der Waals surface area contributed by atoms with Gasteiger partial charge in [0.15, 0.2) is 0 Å². The molecule has 2 aromatic rings. The van der Waals surface area contributed by atoms with Crippen LogP contribution in [0.15, 0.2) is 36.4 Å². The monoisotopic (exact) mass is 302 g/mol. The fraction of sp³-hybridized carbons (Fsp3) is 0.0833. The van der Waals surface area contributed by atoms with E-state index in [1.807, 2.05) is 0 Å². The number of halogens is 4. The standard InChI is InChI=1S/C12H10ClF3N4/c13-7-4-5-9(8(6-7)12(14,15)16)18-10-2-1-3-11(19-10)20-17/h1-6H,17H2,(H2,18,19,20). The quantitative estimate of drug-likeness (QED) is 0.596. The zero-order valence-electron chi connectivity index (χ0n) is 10.0. The second kappa shape index (κ2) is 5.56. The Morgan fingerprint density at radius 3 is 2.45 bits per heavy atom. The Bertz CT molecular complexity index is 616. The third kappa shape index (κ3) is 3.31. The molecule has 0 aliphatic rings. The van der Waals surface area contributed by atoms with Crippen molar-refractivity contribution in [2.24, 2.45) is 5.84 Å². The summed E-state index contributed by atoms with van der Waals surface area (Å²) in [4.78, 5) is 3.98. The summed E-state index contributed by atoms with van der Waals surface area (Å²) in [7, 11) is 0. The molecule has 0 spiro atoms. The Morgan fingerprint density at radius 1 is 1.10 bits per heavy atom. The minimum atomic E-state index is -4.52. The number of nitrogens with two attached hydrogens (primary N) is 1. The summed E-state index contributed by atoms with van der Waals surface area (Å²) in [5.41, 5.74) is 1.31. The van der Waals surface area contributed by atoms with Crippen LogP contribution in [0.2, 0.25) is 5.02 Å². The van der Waals surface area contributed by atoms with Crippen molar-refractivity contribution in [1.82, 2.24) is 4.98 Å². The largest absolute Gasteiger partial charge is 0.418 e. The van der Waals surface area contributed by atoms with Gasteiger partial charge in [0.2, 0.25) is 0 Å². The van der Waals surface area contributed by atoms with Gasteiger partial charge in [-0.2, -0.15) is 13.2 Å². The van der Waals surface area contributed by atoms with Crippen LogP contribution in [0.4, 0.5) is 30.5 Å². The normalized spacial score (nSPS) is 11.2. The van der Waals surface area contributed by atoms with E-state index in [2.05, 4.69) is 15.7 Å². The Labute approximate surface area is 117 Å². The molecule has 0 saturated heterocycles. The first-order valence-electron chi connectivity index (χ1n) is 5.47. The van der Waals surface area contributed by atoms with Gasteiger partial charge in [-0.3, -0.25) is 0 Å². The molecule has 20 heavy (non-hydrogen) atoms. The van der Waals surface area contributed by atoms with E-state index < -0.39 is 11.7 Å². The highest BCUT2D eigenvalue weighted by atomic mass is 35.5. The summed E-state index contributed by atoms with van der Waals surface area (Å²) >= 11 is 5.60. The number of alkyl halides is 3. The van der Waals surface area contributed by atoms with Crippen LogP contribution in [-0.4, -0.2) is 4.98 Å². The van der Waals surface area contributed by atoms with Gasteiger partial charge in [-0.1, -0.05) is 17.7 Å². The predicted octanol–water partition coefficient (Wildman–Crippen LogP) is 3.78. The number of anilines is 3. The van der Waals surface area contributed by atoms with Crippen LogP contribution in [0.3, 0.4) is 0 Å². The van der Waals surface area contributed by atoms with Crippen molar-refractivity contribution in [1.29, 1.82) is 0 Å². The van der Waals surface area contributed by atoms with Gasteiger partial charge in [0, 0.05) is 5.02 Å². The maximum Gasteiger partial charge on any atom is 0.418 e. The molecule has 0 radical (unpaired) electrons. The number of nitrogens with one attached hydrogen (secondary N) is 2. The summed E-state index contributed by atoms with van der Waals surface area (Å²) in [5, 5.41) is 2.60. The summed E-state index contributed by atoms with van der Waals surface area (Å²) in [5.74, 6) is 5.75. The first kappa shape index (κ1) is 14.4. The molecule has 1 heterocycles. The van der Waals surface area contributed by atoms with E-state index >= 15 is 0 Å². The number of rotatable bonds is 3. The van der Waals surface area contributed by atoms with E-state index in [-0.39, 0.29) is 16.5 Å². The van der Waals surface area contributed by atoms with Gasteiger partial charge in [0.25, 0.3) is 0 Å². The van der Waals surface area contributed by atoms with E-state index in [0.29, 0.717) is 5.82 Å². The molecule has 0 aliphatic carbocycles. The van der Waals surface area contributed by atoms with Crippen LogP contribution < -0.4 is 16.6 Å². The van der Waals surface area contributed by atoms with Gasteiger partial charge < -0.3 is 10.7 Å². The zero-order chi connectivity index (χ0) is 14.8. The third-order valence-corrected chi connectivity index (χ3v) is 2.68. The van der Waals surface area contributed by atoms with Crippen molar-refractivity contribution in [3.8, 4) is 0 Å². The number of hydrazine groups is 1. The van der Waals surface area contributed by atoms with Crippen molar-refractivity contribution in [3.63, 3.8) is 0 Å². The summed E-state index contributed by atoms with van der Waals surface area (Å²) in [6.07, 6.45) is -4.52. The van der Waals surface area contributed by atoms with E-state index in [4.69, 9.17) is 17.4 Å². The molecule has 8 heteroatoms. The highest BCUT2D eigenvalue weighted by molar-refractivity contribution is 6.30. The SMILES string of the molecule is NNc1cccc(Nc2ccc(Cl)cc2C(F)(F)F)n1. The zero-order valence-corrected chi connectivity index (χ0v) is 10.8. The highest BCUT2D eigenvalue weighted by Gasteiger charge is 2.33. The number of pyridine rings is 1. The molecule has 0 unspecified atom stereocenters. The van der Waals surface area contributed by atoms with Gasteiger partial charge in [-0.15, -0.1) is 0 Å². The van der Waals surface area contributed by atoms with E-state index in [0.717, 1.165) is 6.07 Å². The minimum Gasteiger partial charge on any atom is -0.340 e. The molecular formula is C12H10ClF3N4. The number of nitrogens with zero attached hydrogens (tertiary/aromatic N) is 1. The second-order valence-corrected chi connectivity index (χ2v) is 4.30. The lowest BCUT2D eigenvalue weighted by Crippen LogP contribution is -2.11. The Morgan fingerprint density at radius 2 is 1.80 bits per heavy atom. The van der Waals surface area contributed by atoms with Crippen molar-refractivity contribution >= 4 is 28.9 Å². The average Bonchev–Trinajstić information content (AvgIpc) is 2.40. The Balaban J connectivity index is 2.38. The molecule has 1 aromatic carbocycles. The van der Waals surface area contributed by atoms with Gasteiger partial charge >= 0.3 is 6.18 Å². The molecular weight excluding hydrogens is 293 g/mol. The maximum absolute atomic E-state index is 12.9. The van der Waals surface area contributed by atoms with Crippen LogP contribution in [0.5, 0.6) is 0 Å². The minimum absolute atomic E-state index is 0.00760. The average molecular weight is 303 g/mol. The van der Waals surface area contributed by atoms with Gasteiger partial charge in [0.1, 0.15) is 11.6 Å². The topological polar surface area (TPSA) is 63.0 Å². The van der Waals surface area contributed by atoms with Crippen molar-refractivity contribution in [2.45, 2.75) is 6.18 Å². The molecule has 0 bridgehead atoms. The van der Waals surface area contributed by atoms with Crippen molar-refractivity contribution < 1.29 is 13.2 Å². The number of aromatic nitrogens is 1. The molecule has 0 fully saturated rings. The van der Waals surface area contributed by atoms with Gasteiger partial charge in [-0.25, -0.2) is 10.8 Å². The molecule has 106 valence electrons. The van der Waals surface area contributed by atoms with Crippen LogP contribution in [0.25, 0.3) is 0 Å². The van der Waals surface area contributed by atoms with Crippen molar-refractivity contribution in [3.05, 3.63) is 47.0 Å². The van der Waals surface area contributed by atoms with Gasteiger partial charge in [0.05, 0.1) is 11.3 Å². The van der Waals surface area contributed by atoms with Crippen LogP contribution in [-0.2, 0) is 6.18 Å². The van der Waals surface area contributed by atoms with Gasteiger partial charge in [-0.05, 0) is 30.3 Å². The molecule has 0 aliphatic heterocycles. The first-order chi connectivity index (χ1) is 9.40. The Kier molecular flexibility index (Phi) is 4.01. The fourth-order valence-electron chi connectivity index (χ4n) is 1.58. The fourth-order valence-corrected chi connectivity index (χ4v) is 1.75. The second-order valence-electron chi connectivity index (χ2n) is 3.87. The van der Waals surface area contributed by atoms with Crippen molar-refractivity contribution in [2.75, 3.05) is 10.7 Å². The van der Waals surface area contributed by atoms with Crippen LogP contribution in [0.1, 0.15) is 5.56 Å². The highest BCUT2D eigenvalue weighted by Crippen LogP contribution is 2.37. The smallest absolute Gasteiger partial charge is 0.340 e. The van der Waals surface area contributed by atoms with E-state index in [1.54, 1.807) is 12.1 Å². The summed E-state index contributed by atoms with van der Waals surface area (Å²) in [6, 6.07) is 8.18. The lowest BCUT2D eigenvalue weighted by atomic mass is 10.1. The lowest BCUT2D eigenvalue weighted by molar-refractivity contribution is -0.136. The molecule has 1 aromatic heterocycles. The lowest BCUT2D eigenvalue weighted by Gasteiger charge is -2.14. The van der Waals surface area contributed by atoms with E-state index in [1.165, 1.54) is 18.2 Å². The number of nitrogen functional groups attached to an aromatic ring is 1. The summed E-state index contributed by atoms with van der Waals surface area (Å²) < 4.78 is 38.8.